The molecule has 0 heterocycles. The van der Waals surface area contributed by atoms with Crippen molar-refractivity contribution < 1.29 is 14.7 Å². The minimum Gasteiger partial charge on any atom is -0.395 e. The first-order valence-corrected chi connectivity index (χ1v) is 5.34. The highest BCUT2D eigenvalue weighted by atomic mass is 32.2. The van der Waals surface area contributed by atoms with Gasteiger partial charge in [0.15, 0.2) is 10.2 Å². The fraction of sp³-hybridized carbons (Fsp3) is 0.714. The molecule has 12 heavy (non-hydrogen) atoms. The van der Waals surface area contributed by atoms with E-state index in [1.165, 1.54) is 13.8 Å². The van der Waals surface area contributed by atoms with Gasteiger partial charge >= 0.3 is 0 Å². The monoisotopic (exact) mass is 208 g/mol. The van der Waals surface area contributed by atoms with Gasteiger partial charge in [-0.05, 0) is 0 Å². The SMILES string of the molecule is CC(=O)SCC(CO)SC(C)=O. The molecule has 0 aromatic carbocycles. The van der Waals surface area contributed by atoms with Crippen molar-refractivity contribution >= 4 is 33.8 Å². The van der Waals surface area contributed by atoms with Gasteiger partial charge in [-0.1, -0.05) is 23.5 Å². The Hall–Kier alpha value is -0.0000000000000000555. The number of hydrogen-bond donors (Lipinski definition) is 1. The number of carbonyl (C=O) groups excluding carboxylic acids is 2. The third-order valence-electron chi connectivity index (χ3n) is 1.01. The van der Waals surface area contributed by atoms with Crippen LogP contribution in [0.5, 0.6) is 0 Å². The predicted octanol–water partition coefficient (Wildman–Crippen LogP) is 0.907. The number of aliphatic hydroxyl groups is 1. The molecule has 1 unspecified atom stereocenters. The van der Waals surface area contributed by atoms with Crippen molar-refractivity contribution in [3.05, 3.63) is 0 Å². The molecule has 0 bridgehead atoms. The van der Waals surface area contributed by atoms with Crippen LogP contribution < -0.4 is 0 Å². The van der Waals surface area contributed by atoms with Gasteiger partial charge in [0.25, 0.3) is 0 Å². The van der Waals surface area contributed by atoms with Crippen molar-refractivity contribution in [2.75, 3.05) is 12.4 Å². The quantitative estimate of drug-likeness (QED) is 0.744. The van der Waals surface area contributed by atoms with E-state index in [0.29, 0.717) is 5.75 Å². The average molecular weight is 208 g/mol. The highest BCUT2D eigenvalue weighted by Crippen LogP contribution is 2.16. The smallest absolute Gasteiger partial charge is 0.186 e. The summed E-state index contributed by atoms with van der Waals surface area (Å²) in [6.07, 6.45) is 0. The zero-order valence-electron chi connectivity index (χ0n) is 7.07. The van der Waals surface area contributed by atoms with Gasteiger partial charge in [0.05, 0.1) is 6.61 Å². The molecule has 1 N–H and O–H groups in total. The summed E-state index contributed by atoms with van der Waals surface area (Å²) in [5.74, 6) is 0.496. The molecule has 0 aliphatic rings. The third-order valence-corrected chi connectivity index (χ3v) is 3.18. The number of rotatable bonds is 4. The van der Waals surface area contributed by atoms with Gasteiger partial charge in [-0.2, -0.15) is 0 Å². The van der Waals surface area contributed by atoms with Crippen molar-refractivity contribution in [3.8, 4) is 0 Å². The molecule has 0 rings (SSSR count). The maximum absolute atomic E-state index is 10.6. The molecule has 0 aliphatic heterocycles. The maximum atomic E-state index is 10.6. The summed E-state index contributed by atoms with van der Waals surface area (Å²) in [6, 6.07) is 0. The molecule has 0 amide bonds. The zero-order valence-corrected chi connectivity index (χ0v) is 8.70. The van der Waals surface area contributed by atoms with E-state index in [0.717, 1.165) is 23.5 Å². The van der Waals surface area contributed by atoms with Crippen LogP contribution in [-0.2, 0) is 9.59 Å². The van der Waals surface area contributed by atoms with Crippen LogP contribution in [0.3, 0.4) is 0 Å². The van der Waals surface area contributed by atoms with E-state index in [9.17, 15) is 9.59 Å². The molecular weight excluding hydrogens is 196 g/mol. The van der Waals surface area contributed by atoms with E-state index >= 15 is 0 Å². The topological polar surface area (TPSA) is 54.4 Å². The third kappa shape index (κ3) is 6.69. The molecule has 0 spiro atoms. The van der Waals surface area contributed by atoms with Crippen LogP contribution in [0.1, 0.15) is 13.8 Å². The number of hydrogen-bond acceptors (Lipinski definition) is 5. The Balaban J connectivity index is 3.67. The molecule has 0 saturated heterocycles. The molecule has 3 nitrogen and oxygen atoms in total. The van der Waals surface area contributed by atoms with Crippen LogP contribution in [0.4, 0.5) is 0 Å². The van der Waals surface area contributed by atoms with Crippen molar-refractivity contribution in [1.29, 1.82) is 0 Å². The first-order valence-electron chi connectivity index (χ1n) is 3.47. The Morgan fingerprint density at radius 1 is 1.33 bits per heavy atom. The van der Waals surface area contributed by atoms with E-state index in [4.69, 9.17) is 5.11 Å². The second kappa shape index (κ2) is 6.51. The summed E-state index contributed by atoms with van der Waals surface area (Å²) in [6.45, 7) is 2.85. The van der Waals surface area contributed by atoms with Gasteiger partial charge in [0.2, 0.25) is 0 Å². The molecule has 1 atom stereocenters. The minimum absolute atomic E-state index is 0.0117. The first kappa shape index (κ1) is 12.0. The summed E-state index contributed by atoms with van der Waals surface area (Å²) in [7, 11) is 0. The lowest BCUT2D eigenvalue weighted by Crippen LogP contribution is -2.14. The Bertz CT molecular complexity index is 170. The summed E-state index contributed by atoms with van der Waals surface area (Å²) >= 11 is 2.21. The predicted molar refractivity (Wildman–Crippen MR) is 52.3 cm³/mol. The highest BCUT2D eigenvalue weighted by molar-refractivity contribution is 8.17. The van der Waals surface area contributed by atoms with Crippen molar-refractivity contribution in [1.82, 2.24) is 0 Å². The maximum Gasteiger partial charge on any atom is 0.186 e. The van der Waals surface area contributed by atoms with Crippen LogP contribution in [0, 0.1) is 0 Å². The summed E-state index contributed by atoms with van der Waals surface area (Å²) < 4.78 is 0. The molecule has 0 aromatic heterocycles. The lowest BCUT2D eigenvalue weighted by molar-refractivity contribution is -0.110. The van der Waals surface area contributed by atoms with Gasteiger partial charge in [0, 0.05) is 24.9 Å². The van der Waals surface area contributed by atoms with Crippen molar-refractivity contribution in [2.24, 2.45) is 0 Å². The van der Waals surface area contributed by atoms with E-state index in [2.05, 4.69) is 0 Å². The molecule has 0 radical (unpaired) electrons. The van der Waals surface area contributed by atoms with Crippen LogP contribution in [0.15, 0.2) is 0 Å². The normalized spacial score (nSPS) is 12.6. The van der Waals surface area contributed by atoms with Crippen LogP contribution in [0.25, 0.3) is 0 Å². The molecule has 0 aliphatic carbocycles. The van der Waals surface area contributed by atoms with Crippen LogP contribution in [-0.4, -0.2) is 32.9 Å². The molecule has 5 heteroatoms. The van der Waals surface area contributed by atoms with Crippen molar-refractivity contribution in [3.63, 3.8) is 0 Å². The van der Waals surface area contributed by atoms with E-state index in [1.807, 2.05) is 0 Å². The van der Waals surface area contributed by atoms with Crippen molar-refractivity contribution in [2.45, 2.75) is 19.1 Å². The van der Waals surface area contributed by atoms with Gasteiger partial charge in [-0.15, -0.1) is 0 Å². The second-order valence-corrected chi connectivity index (χ2v) is 4.89. The highest BCUT2D eigenvalue weighted by Gasteiger charge is 2.11. The van der Waals surface area contributed by atoms with E-state index < -0.39 is 0 Å². The lowest BCUT2D eigenvalue weighted by Gasteiger charge is -2.08. The standard InChI is InChI=1S/C7H12O3S2/c1-5(9)11-4-7(3-8)12-6(2)10/h7-8H,3-4H2,1-2H3. The Morgan fingerprint density at radius 2 is 1.92 bits per heavy atom. The van der Waals surface area contributed by atoms with E-state index in [1.54, 1.807) is 0 Å². The first-order chi connectivity index (χ1) is 5.56. The Morgan fingerprint density at radius 3 is 2.25 bits per heavy atom. The molecule has 0 saturated carbocycles. The van der Waals surface area contributed by atoms with Gasteiger partial charge in [0.1, 0.15) is 0 Å². The lowest BCUT2D eigenvalue weighted by atomic mass is 10.5. The summed E-state index contributed by atoms with van der Waals surface area (Å²) in [4.78, 5) is 21.2. The molecular formula is C7H12O3S2. The summed E-state index contributed by atoms with van der Waals surface area (Å²) in [5.41, 5.74) is 0. The van der Waals surface area contributed by atoms with Gasteiger partial charge < -0.3 is 5.11 Å². The second-order valence-electron chi connectivity index (χ2n) is 2.22. The van der Waals surface area contributed by atoms with Gasteiger partial charge in [-0.3, -0.25) is 9.59 Å². The van der Waals surface area contributed by atoms with E-state index in [-0.39, 0.29) is 22.1 Å². The fourth-order valence-corrected chi connectivity index (χ4v) is 2.12. The van der Waals surface area contributed by atoms with Crippen LogP contribution >= 0.6 is 23.5 Å². The largest absolute Gasteiger partial charge is 0.395 e. The minimum atomic E-state index is -0.156. The molecule has 0 fully saturated rings. The Labute approximate surface area is 80.3 Å². The zero-order chi connectivity index (χ0) is 9.56. The summed E-state index contributed by atoms with van der Waals surface area (Å²) in [5, 5.41) is 8.62. The number of carbonyl (C=O) groups is 2. The molecule has 0 aromatic rings. The average Bonchev–Trinajstić information content (AvgIpc) is 1.97. The van der Waals surface area contributed by atoms with Gasteiger partial charge in [-0.25, -0.2) is 0 Å². The molecule has 70 valence electrons. The number of aliphatic hydroxyl groups excluding tert-OH is 1. The fourth-order valence-electron chi connectivity index (χ4n) is 0.569. The number of thioether (sulfide) groups is 2. The Kier molecular flexibility index (Phi) is 6.51. The van der Waals surface area contributed by atoms with Crippen LogP contribution in [0.2, 0.25) is 0 Å².